The van der Waals surface area contributed by atoms with Crippen LogP contribution in [0.2, 0.25) is 0 Å². The van der Waals surface area contributed by atoms with Gasteiger partial charge in [-0.1, -0.05) is 13.0 Å². The Morgan fingerprint density at radius 1 is 1.53 bits per heavy atom. The van der Waals surface area contributed by atoms with Gasteiger partial charge in [-0.25, -0.2) is 4.98 Å². The number of aryl methyl sites for hydroxylation is 1. The molecule has 5 nitrogen and oxygen atoms in total. The van der Waals surface area contributed by atoms with Crippen LogP contribution in [-0.2, 0) is 4.79 Å². The molecule has 1 atom stereocenters. The number of anilines is 1. The Kier molecular flexibility index (Phi) is 3.97. The van der Waals surface area contributed by atoms with Gasteiger partial charge in [0.15, 0.2) is 0 Å². The van der Waals surface area contributed by atoms with Crippen LogP contribution in [0.4, 0.5) is 5.69 Å². The highest BCUT2D eigenvalue weighted by atomic mass is 16.3. The quantitative estimate of drug-likeness (QED) is 0.881. The zero-order chi connectivity index (χ0) is 13.8. The Morgan fingerprint density at radius 2 is 2.32 bits per heavy atom. The molecule has 1 aromatic carbocycles. The van der Waals surface area contributed by atoms with E-state index in [1.165, 1.54) is 6.26 Å². The number of rotatable bonds is 4. The fourth-order valence-electron chi connectivity index (χ4n) is 1.66. The largest absolute Gasteiger partial charge is 0.445 e. The normalized spacial score (nSPS) is 12.2. The molecule has 5 heteroatoms. The first-order valence-electron chi connectivity index (χ1n) is 6.13. The number of hydrogen-bond acceptors (Lipinski definition) is 4. The van der Waals surface area contributed by atoms with Gasteiger partial charge in [-0.15, -0.1) is 0 Å². The van der Waals surface area contributed by atoms with Crippen molar-refractivity contribution in [3.05, 3.63) is 36.2 Å². The summed E-state index contributed by atoms with van der Waals surface area (Å²) in [5.74, 6) is 0.233. The van der Waals surface area contributed by atoms with E-state index in [9.17, 15) is 4.79 Å². The smallest absolute Gasteiger partial charge is 0.228 e. The highest BCUT2D eigenvalue weighted by molar-refractivity contribution is 5.93. The predicted octanol–water partition coefficient (Wildman–Crippen LogP) is 2.18. The Bertz CT molecular complexity index is 564. The van der Waals surface area contributed by atoms with E-state index in [4.69, 9.17) is 10.2 Å². The lowest BCUT2D eigenvalue weighted by Crippen LogP contribution is -2.26. The summed E-state index contributed by atoms with van der Waals surface area (Å²) in [5, 5.41) is 2.83. The molecule has 0 aliphatic carbocycles. The summed E-state index contributed by atoms with van der Waals surface area (Å²) < 4.78 is 5.29. The first-order chi connectivity index (χ1) is 9.11. The molecule has 2 rings (SSSR count). The van der Waals surface area contributed by atoms with Crippen molar-refractivity contribution in [1.82, 2.24) is 4.98 Å². The Morgan fingerprint density at radius 3 is 2.95 bits per heavy atom. The predicted molar refractivity (Wildman–Crippen MR) is 73.5 cm³/mol. The van der Waals surface area contributed by atoms with Gasteiger partial charge in [-0.3, -0.25) is 4.79 Å². The third-order valence-corrected chi connectivity index (χ3v) is 2.97. The van der Waals surface area contributed by atoms with Gasteiger partial charge < -0.3 is 15.5 Å². The maximum atomic E-state index is 11.8. The number of carbonyl (C=O) groups is 1. The molecule has 0 saturated carbocycles. The van der Waals surface area contributed by atoms with Crippen molar-refractivity contribution in [3.8, 4) is 11.5 Å². The van der Waals surface area contributed by atoms with Gasteiger partial charge in [0.25, 0.3) is 0 Å². The van der Waals surface area contributed by atoms with E-state index in [0.717, 1.165) is 11.1 Å². The third-order valence-electron chi connectivity index (χ3n) is 2.97. The molecule has 19 heavy (non-hydrogen) atoms. The number of aromatic nitrogens is 1. The van der Waals surface area contributed by atoms with Crippen molar-refractivity contribution in [2.45, 2.75) is 13.8 Å². The number of carbonyl (C=O) groups excluding carboxylic acids is 1. The molecule has 1 heterocycles. The first kappa shape index (κ1) is 13.3. The van der Waals surface area contributed by atoms with Crippen molar-refractivity contribution in [2.75, 3.05) is 11.9 Å². The van der Waals surface area contributed by atoms with E-state index in [1.54, 1.807) is 13.1 Å². The minimum atomic E-state index is -0.216. The fourth-order valence-corrected chi connectivity index (χ4v) is 1.66. The van der Waals surface area contributed by atoms with Crippen LogP contribution in [0.5, 0.6) is 0 Å². The summed E-state index contributed by atoms with van der Waals surface area (Å²) in [4.78, 5) is 15.9. The zero-order valence-corrected chi connectivity index (χ0v) is 11.0. The van der Waals surface area contributed by atoms with Gasteiger partial charge in [0.1, 0.15) is 6.26 Å². The van der Waals surface area contributed by atoms with E-state index in [0.29, 0.717) is 18.1 Å². The third kappa shape index (κ3) is 3.00. The Hall–Kier alpha value is -2.14. The summed E-state index contributed by atoms with van der Waals surface area (Å²) in [5.41, 5.74) is 8.08. The van der Waals surface area contributed by atoms with E-state index >= 15 is 0 Å². The van der Waals surface area contributed by atoms with Crippen molar-refractivity contribution in [3.63, 3.8) is 0 Å². The lowest BCUT2D eigenvalue weighted by molar-refractivity contribution is -0.119. The van der Waals surface area contributed by atoms with Crippen LogP contribution in [-0.4, -0.2) is 17.4 Å². The average Bonchev–Trinajstić information content (AvgIpc) is 2.93. The zero-order valence-electron chi connectivity index (χ0n) is 11.0. The summed E-state index contributed by atoms with van der Waals surface area (Å²) >= 11 is 0. The van der Waals surface area contributed by atoms with E-state index in [-0.39, 0.29) is 11.8 Å². The molecule has 2 aromatic rings. The number of nitrogens with zero attached hydrogens (tertiary/aromatic N) is 1. The molecule has 0 spiro atoms. The van der Waals surface area contributed by atoms with Crippen LogP contribution < -0.4 is 11.1 Å². The molecule has 100 valence electrons. The maximum absolute atomic E-state index is 11.8. The second-order valence-corrected chi connectivity index (χ2v) is 4.49. The summed E-state index contributed by atoms with van der Waals surface area (Å²) in [6.45, 7) is 4.08. The van der Waals surface area contributed by atoms with Crippen LogP contribution >= 0.6 is 0 Å². The molecule has 0 bridgehead atoms. The summed E-state index contributed by atoms with van der Waals surface area (Å²) in [6, 6.07) is 5.62. The molecule has 1 unspecified atom stereocenters. The molecule has 0 aliphatic heterocycles. The molecule has 1 amide bonds. The molecule has 0 saturated heterocycles. The standard InChI is InChI=1S/C14H17N3O2/c1-9-3-4-11(17-13(18)10(2)8-15)7-12(9)14-16-5-6-19-14/h3-7,10H,8,15H2,1-2H3,(H,17,18). The van der Waals surface area contributed by atoms with Gasteiger partial charge in [-0.2, -0.15) is 0 Å². The van der Waals surface area contributed by atoms with E-state index in [1.807, 2.05) is 25.1 Å². The minimum Gasteiger partial charge on any atom is -0.445 e. The number of nitrogens with two attached hydrogens (primary N) is 1. The van der Waals surface area contributed by atoms with Crippen LogP contribution in [0, 0.1) is 12.8 Å². The van der Waals surface area contributed by atoms with Crippen molar-refractivity contribution in [2.24, 2.45) is 11.7 Å². The maximum Gasteiger partial charge on any atom is 0.228 e. The molecular weight excluding hydrogens is 242 g/mol. The lowest BCUT2D eigenvalue weighted by Gasteiger charge is -2.11. The van der Waals surface area contributed by atoms with Gasteiger partial charge in [-0.05, 0) is 24.6 Å². The number of benzene rings is 1. The fraction of sp³-hybridized carbons (Fsp3) is 0.286. The molecule has 3 N–H and O–H groups in total. The summed E-state index contributed by atoms with van der Waals surface area (Å²) in [7, 11) is 0. The second kappa shape index (κ2) is 5.67. The number of oxazole rings is 1. The molecule has 0 fully saturated rings. The number of amides is 1. The molecule has 1 aromatic heterocycles. The van der Waals surface area contributed by atoms with Gasteiger partial charge in [0, 0.05) is 23.7 Å². The van der Waals surface area contributed by atoms with Gasteiger partial charge in [0.2, 0.25) is 11.8 Å². The van der Waals surface area contributed by atoms with Gasteiger partial charge in [0.05, 0.1) is 6.20 Å². The number of hydrogen-bond donors (Lipinski definition) is 2. The molecular formula is C14H17N3O2. The SMILES string of the molecule is Cc1ccc(NC(=O)C(C)CN)cc1-c1ncco1. The summed E-state index contributed by atoms with van der Waals surface area (Å²) in [6.07, 6.45) is 3.12. The number of nitrogens with one attached hydrogen (secondary N) is 1. The van der Waals surface area contributed by atoms with Gasteiger partial charge >= 0.3 is 0 Å². The highest BCUT2D eigenvalue weighted by Gasteiger charge is 2.13. The van der Waals surface area contributed by atoms with E-state index < -0.39 is 0 Å². The van der Waals surface area contributed by atoms with Crippen molar-refractivity contribution >= 4 is 11.6 Å². The highest BCUT2D eigenvalue weighted by Crippen LogP contribution is 2.25. The molecule has 0 aliphatic rings. The first-order valence-corrected chi connectivity index (χ1v) is 6.13. The van der Waals surface area contributed by atoms with Crippen LogP contribution in [0.1, 0.15) is 12.5 Å². The Balaban J connectivity index is 2.24. The minimum absolute atomic E-state index is 0.0929. The average molecular weight is 259 g/mol. The van der Waals surface area contributed by atoms with Crippen molar-refractivity contribution in [1.29, 1.82) is 0 Å². The molecule has 0 radical (unpaired) electrons. The lowest BCUT2D eigenvalue weighted by atomic mass is 10.1. The van der Waals surface area contributed by atoms with Crippen LogP contribution in [0.25, 0.3) is 11.5 Å². The second-order valence-electron chi connectivity index (χ2n) is 4.49. The van der Waals surface area contributed by atoms with Crippen molar-refractivity contribution < 1.29 is 9.21 Å². The van der Waals surface area contributed by atoms with Crippen LogP contribution in [0.15, 0.2) is 35.1 Å². The van der Waals surface area contributed by atoms with Crippen LogP contribution in [0.3, 0.4) is 0 Å². The Labute approximate surface area is 111 Å². The topological polar surface area (TPSA) is 81.2 Å². The van der Waals surface area contributed by atoms with E-state index in [2.05, 4.69) is 10.3 Å². The monoisotopic (exact) mass is 259 g/mol.